The smallest absolute Gasteiger partial charge is 0.224 e. The minimum absolute atomic E-state index is 0.201. The van der Waals surface area contributed by atoms with Crippen molar-refractivity contribution < 1.29 is 4.79 Å². The molecule has 104 valence electrons. The first kappa shape index (κ1) is 13.8. The van der Waals surface area contributed by atoms with Gasteiger partial charge in [0.1, 0.15) is 0 Å². The second kappa shape index (κ2) is 7.07. The van der Waals surface area contributed by atoms with Crippen LogP contribution in [0.1, 0.15) is 12.8 Å². The van der Waals surface area contributed by atoms with Gasteiger partial charge in [-0.1, -0.05) is 0 Å². The molecule has 0 bridgehead atoms. The maximum atomic E-state index is 11.7. The van der Waals surface area contributed by atoms with Gasteiger partial charge in [0, 0.05) is 52.9 Å². The molecule has 0 aromatic rings. The number of nitrogens with zero attached hydrogens (tertiary/aromatic N) is 2. The number of hydrogen-bond acceptors (Lipinski definition) is 4. The predicted molar refractivity (Wildman–Crippen MR) is 72.5 cm³/mol. The number of piperazine rings is 1. The summed E-state index contributed by atoms with van der Waals surface area (Å²) >= 11 is 0. The van der Waals surface area contributed by atoms with Gasteiger partial charge >= 0.3 is 0 Å². The number of carbonyl (C=O) groups is 1. The first-order chi connectivity index (χ1) is 8.79. The highest BCUT2D eigenvalue weighted by Gasteiger charge is 2.25. The molecule has 0 aliphatic carbocycles. The first-order valence-corrected chi connectivity index (χ1v) is 7.16. The van der Waals surface area contributed by atoms with E-state index in [2.05, 4.69) is 20.4 Å². The van der Waals surface area contributed by atoms with Crippen molar-refractivity contribution in [2.75, 3.05) is 59.4 Å². The second-order valence-electron chi connectivity index (χ2n) is 5.35. The highest BCUT2D eigenvalue weighted by atomic mass is 16.1. The monoisotopic (exact) mass is 254 g/mol. The van der Waals surface area contributed by atoms with Crippen LogP contribution in [0.25, 0.3) is 0 Å². The quantitative estimate of drug-likeness (QED) is 0.700. The molecule has 5 heteroatoms. The van der Waals surface area contributed by atoms with Crippen LogP contribution in [-0.4, -0.2) is 75.1 Å². The number of amides is 1. The van der Waals surface area contributed by atoms with Crippen molar-refractivity contribution in [3.05, 3.63) is 0 Å². The molecular weight excluding hydrogens is 228 g/mol. The molecule has 0 spiro atoms. The molecule has 2 aliphatic heterocycles. The molecule has 2 rings (SSSR count). The molecule has 2 heterocycles. The van der Waals surface area contributed by atoms with E-state index < -0.39 is 0 Å². The molecule has 5 nitrogen and oxygen atoms in total. The number of hydrogen-bond donors (Lipinski definition) is 2. The number of nitrogens with one attached hydrogen (secondary N) is 2. The Bertz CT molecular complexity index is 266. The van der Waals surface area contributed by atoms with E-state index in [-0.39, 0.29) is 11.8 Å². The summed E-state index contributed by atoms with van der Waals surface area (Å²) in [4.78, 5) is 16.6. The lowest BCUT2D eigenvalue weighted by Crippen LogP contribution is -2.48. The minimum atomic E-state index is 0.201. The minimum Gasteiger partial charge on any atom is -0.359 e. The molecule has 1 unspecified atom stereocenters. The van der Waals surface area contributed by atoms with E-state index in [1.54, 1.807) is 7.05 Å². The number of likely N-dealkylation sites (tertiary alicyclic amines) is 1. The Morgan fingerprint density at radius 2 is 1.94 bits per heavy atom. The summed E-state index contributed by atoms with van der Waals surface area (Å²) < 4.78 is 0. The summed E-state index contributed by atoms with van der Waals surface area (Å²) in [5.41, 5.74) is 0. The summed E-state index contributed by atoms with van der Waals surface area (Å²) in [7, 11) is 1.74. The summed E-state index contributed by atoms with van der Waals surface area (Å²) in [6.07, 6.45) is 2.20. The molecule has 2 fully saturated rings. The van der Waals surface area contributed by atoms with Crippen LogP contribution in [0.3, 0.4) is 0 Å². The first-order valence-electron chi connectivity index (χ1n) is 7.16. The van der Waals surface area contributed by atoms with Crippen molar-refractivity contribution in [3.63, 3.8) is 0 Å². The summed E-state index contributed by atoms with van der Waals surface area (Å²) in [6, 6.07) is 0. The van der Waals surface area contributed by atoms with Gasteiger partial charge < -0.3 is 15.5 Å². The molecule has 2 aliphatic rings. The van der Waals surface area contributed by atoms with Crippen LogP contribution >= 0.6 is 0 Å². The van der Waals surface area contributed by atoms with Crippen LogP contribution in [-0.2, 0) is 4.79 Å². The van der Waals surface area contributed by atoms with Crippen molar-refractivity contribution in [1.29, 1.82) is 0 Å². The molecule has 2 saturated heterocycles. The SMILES string of the molecule is CNC(=O)C1CCCN(CCN2CCNCC2)C1. The topological polar surface area (TPSA) is 47.6 Å². The fraction of sp³-hybridized carbons (Fsp3) is 0.923. The Balaban J connectivity index is 1.70. The summed E-state index contributed by atoms with van der Waals surface area (Å²) in [5.74, 6) is 0.411. The van der Waals surface area contributed by atoms with Crippen molar-refractivity contribution >= 4 is 5.91 Å². The maximum absolute atomic E-state index is 11.7. The van der Waals surface area contributed by atoms with Crippen molar-refractivity contribution in [3.8, 4) is 0 Å². The zero-order valence-electron chi connectivity index (χ0n) is 11.5. The van der Waals surface area contributed by atoms with Gasteiger partial charge in [0.2, 0.25) is 5.91 Å². The average Bonchev–Trinajstić information content (AvgIpc) is 2.45. The standard InChI is InChI=1S/C13H26N4O/c1-14-13(18)12-3-2-6-17(11-12)10-9-16-7-4-15-5-8-16/h12,15H,2-11H2,1H3,(H,14,18). The van der Waals surface area contributed by atoms with E-state index in [1.165, 1.54) is 0 Å². The van der Waals surface area contributed by atoms with E-state index in [9.17, 15) is 4.79 Å². The molecule has 1 amide bonds. The van der Waals surface area contributed by atoms with Crippen LogP contribution in [0.4, 0.5) is 0 Å². The normalized spacial score (nSPS) is 27.1. The zero-order chi connectivity index (χ0) is 12.8. The lowest BCUT2D eigenvalue weighted by Gasteiger charge is -2.34. The van der Waals surface area contributed by atoms with E-state index in [0.717, 1.165) is 65.2 Å². The highest BCUT2D eigenvalue weighted by molar-refractivity contribution is 5.78. The van der Waals surface area contributed by atoms with Crippen molar-refractivity contribution in [2.24, 2.45) is 5.92 Å². The van der Waals surface area contributed by atoms with Gasteiger partial charge in [-0.2, -0.15) is 0 Å². The Morgan fingerprint density at radius 3 is 2.67 bits per heavy atom. The van der Waals surface area contributed by atoms with Gasteiger partial charge in [-0.15, -0.1) is 0 Å². The third-order valence-corrected chi connectivity index (χ3v) is 4.06. The zero-order valence-corrected chi connectivity index (χ0v) is 11.5. The van der Waals surface area contributed by atoms with Crippen LogP contribution < -0.4 is 10.6 Å². The highest BCUT2D eigenvalue weighted by Crippen LogP contribution is 2.16. The molecule has 18 heavy (non-hydrogen) atoms. The van der Waals surface area contributed by atoms with E-state index in [1.807, 2.05) is 0 Å². The molecule has 0 radical (unpaired) electrons. The van der Waals surface area contributed by atoms with Crippen LogP contribution in [0.2, 0.25) is 0 Å². The maximum Gasteiger partial charge on any atom is 0.224 e. The number of rotatable bonds is 4. The fourth-order valence-electron chi connectivity index (χ4n) is 2.89. The van der Waals surface area contributed by atoms with Gasteiger partial charge in [0.15, 0.2) is 0 Å². The van der Waals surface area contributed by atoms with Gasteiger partial charge in [-0.25, -0.2) is 0 Å². The lowest BCUT2D eigenvalue weighted by atomic mass is 9.97. The summed E-state index contributed by atoms with van der Waals surface area (Å²) in [6.45, 7) is 8.88. The van der Waals surface area contributed by atoms with E-state index in [0.29, 0.717) is 0 Å². The second-order valence-corrected chi connectivity index (χ2v) is 5.35. The molecular formula is C13H26N4O. The number of piperidine rings is 1. The number of carbonyl (C=O) groups excluding carboxylic acids is 1. The van der Waals surface area contributed by atoms with E-state index in [4.69, 9.17) is 0 Å². The predicted octanol–water partition coefficient (Wildman–Crippen LogP) is -0.650. The van der Waals surface area contributed by atoms with Crippen molar-refractivity contribution in [2.45, 2.75) is 12.8 Å². The Kier molecular flexibility index (Phi) is 5.41. The van der Waals surface area contributed by atoms with Gasteiger partial charge in [-0.3, -0.25) is 9.69 Å². The molecule has 0 aromatic heterocycles. The molecule has 0 saturated carbocycles. The third kappa shape index (κ3) is 3.93. The van der Waals surface area contributed by atoms with Crippen molar-refractivity contribution in [1.82, 2.24) is 20.4 Å². The molecule has 2 N–H and O–H groups in total. The fourth-order valence-corrected chi connectivity index (χ4v) is 2.89. The lowest BCUT2D eigenvalue weighted by molar-refractivity contribution is -0.126. The Hall–Kier alpha value is -0.650. The van der Waals surface area contributed by atoms with Gasteiger partial charge in [0.25, 0.3) is 0 Å². The Morgan fingerprint density at radius 1 is 1.22 bits per heavy atom. The average molecular weight is 254 g/mol. The Labute approximate surface area is 110 Å². The van der Waals surface area contributed by atoms with Crippen LogP contribution in [0, 0.1) is 5.92 Å². The molecule has 1 atom stereocenters. The summed E-state index contributed by atoms with van der Waals surface area (Å²) in [5, 5.41) is 6.15. The van der Waals surface area contributed by atoms with Crippen LogP contribution in [0.5, 0.6) is 0 Å². The molecule has 0 aromatic carbocycles. The van der Waals surface area contributed by atoms with E-state index >= 15 is 0 Å². The third-order valence-electron chi connectivity index (χ3n) is 4.06. The van der Waals surface area contributed by atoms with Gasteiger partial charge in [0.05, 0.1) is 5.92 Å². The van der Waals surface area contributed by atoms with Gasteiger partial charge in [-0.05, 0) is 19.4 Å². The van der Waals surface area contributed by atoms with Crippen LogP contribution in [0.15, 0.2) is 0 Å². The largest absolute Gasteiger partial charge is 0.359 e.